The molecule has 0 spiro atoms. The highest BCUT2D eigenvalue weighted by Gasteiger charge is 2.45. The van der Waals surface area contributed by atoms with E-state index < -0.39 is 30.4 Å². The van der Waals surface area contributed by atoms with Crippen LogP contribution in [-0.4, -0.2) is 91.7 Å². The number of halogens is 2. The van der Waals surface area contributed by atoms with Crippen LogP contribution in [0.2, 0.25) is 10.0 Å². The number of ether oxygens (including phenoxy) is 4. The lowest BCUT2D eigenvalue weighted by molar-refractivity contribution is 0.116. The molecule has 0 bridgehead atoms. The second-order valence-electron chi connectivity index (χ2n) is 14.5. The van der Waals surface area contributed by atoms with Gasteiger partial charge < -0.3 is 24.1 Å². The molecule has 18 heteroatoms. The maximum Gasteiger partial charge on any atom is 0.415 e. The van der Waals surface area contributed by atoms with E-state index in [1.165, 1.54) is 0 Å². The highest BCUT2D eigenvalue weighted by molar-refractivity contribution is 6.31. The van der Waals surface area contributed by atoms with E-state index in [4.69, 9.17) is 42.1 Å². The number of rotatable bonds is 15. The largest absolute Gasteiger partial charge is 0.497 e. The summed E-state index contributed by atoms with van der Waals surface area (Å²) in [6.07, 6.45) is 1.66. The van der Waals surface area contributed by atoms with Gasteiger partial charge in [-0.2, -0.15) is 0 Å². The Bertz CT molecular complexity index is 2430. The number of amides is 2. The van der Waals surface area contributed by atoms with Gasteiger partial charge in [0.1, 0.15) is 41.5 Å². The van der Waals surface area contributed by atoms with Gasteiger partial charge in [-0.25, -0.2) is 19.0 Å². The molecule has 6 aromatic rings. The quantitative estimate of drug-likeness (QED) is 0.107. The summed E-state index contributed by atoms with van der Waals surface area (Å²) in [7, 11) is 3.21. The SMILES string of the molecule is CCN(CC)Cc1cn(C[C@@H]2OC(=O)N(c3ccc(Cl)cc3)[C@H]2c2cccc(OC)c2)nn1.COc1cccc([C@H]2[C@H](Cn3cc(CO)nn3)OC(=O)N2c2ccc(Cl)cc2)c1. The molecule has 4 heterocycles. The van der Waals surface area contributed by atoms with Crippen LogP contribution in [0, 0.1) is 0 Å². The fraction of sp³-hybridized carbons (Fsp3) is 0.318. The Kier molecular flexibility index (Phi) is 14.2. The molecule has 1 N–H and O–H groups in total. The fourth-order valence-electron chi connectivity index (χ4n) is 7.49. The second-order valence-corrected chi connectivity index (χ2v) is 15.3. The van der Waals surface area contributed by atoms with Gasteiger partial charge in [-0.1, -0.05) is 71.7 Å². The first-order chi connectivity index (χ1) is 30.1. The number of aliphatic hydroxyl groups is 1. The summed E-state index contributed by atoms with van der Waals surface area (Å²) in [6, 6.07) is 28.6. The third-order valence-corrected chi connectivity index (χ3v) is 11.1. The van der Waals surface area contributed by atoms with Crippen molar-refractivity contribution in [1.29, 1.82) is 0 Å². The number of benzene rings is 4. The summed E-state index contributed by atoms with van der Waals surface area (Å²) < 4.78 is 25.6. The topological polar surface area (TPSA) is 162 Å². The average molecular weight is 885 g/mol. The van der Waals surface area contributed by atoms with Crippen LogP contribution in [0.15, 0.2) is 109 Å². The first-order valence-electron chi connectivity index (χ1n) is 20.0. The van der Waals surface area contributed by atoms with Gasteiger partial charge >= 0.3 is 12.2 Å². The molecule has 16 nitrogen and oxygen atoms in total. The van der Waals surface area contributed by atoms with E-state index in [2.05, 4.69) is 39.4 Å². The molecule has 2 amide bonds. The summed E-state index contributed by atoms with van der Waals surface area (Å²) in [5.74, 6) is 1.39. The van der Waals surface area contributed by atoms with Crippen molar-refractivity contribution in [2.75, 3.05) is 37.1 Å². The van der Waals surface area contributed by atoms with Crippen LogP contribution in [0.4, 0.5) is 21.0 Å². The summed E-state index contributed by atoms with van der Waals surface area (Å²) >= 11 is 12.1. The number of anilines is 2. The van der Waals surface area contributed by atoms with Crippen LogP contribution in [0.3, 0.4) is 0 Å². The normalized spacial score (nSPS) is 18.4. The first-order valence-corrected chi connectivity index (χ1v) is 20.8. The number of carbonyl (C=O) groups is 2. The molecular weight excluding hydrogens is 837 g/mol. The van der Waals surface area contributed by atoms with Crippen LogP contribution in [-0.2, 0) is 35.7 Å². The van der Waals surface area contributed by atoms with E-state index in [0.717, 1.165) is 36.5 Å². The highest BCUT2D eigenvalue weighted by atomic mass is 35.5. The van der Waals surface area contributed by atoms with E-state index >= 15 is 0 Å². The third-order valence-electron chi connectivity index (χ3n) is 10.6. The molecule has 2 saturated heterocycles. The Morgan fingerprint density at radius 2 is 1.10 bits per heavy atom. The van der Waals surface area contributed by atoms with Crippen molar-refractivity contribution in [3.63, 3.8) is 0 Å². The van der Waals surface area contributed by atoms with Crippen LogP contribution < -0.4 is 19.3 Å². The molecule has 4 atom stereocenters. The Hall–Kier alpha value is -6.20. The minimum atomic E-state index is -0.529. The van der Waals surface area contributed by atoms with Gasteiger partial charge in [-0.15, -0.1) is 10.2 Å². The van der Waals surface area contributed by atoms with Gasteiger partial charge in [0, 0.05) is 34.2 Å². The first kappa shape index (κ1) is 43.9. The van der Waals surface area contributed by atoms with Crippen molar-refractivity contribution in [1.82, 2.24) is 34.9 Å². The molecule has 324 valence electrons. The van der Waals surface area contributed by atoms with Gasteiger partial charge in [-0.05, 0) is 97.0 Å². The van der Waals surface area contributed by atoms with Crippen molar-refractivity contribution in [2.45, 2.75) is 64.4 Å². The number of cyclic esters (lactones) is 2. The van der Waals surface area contributed by atoms with Gasteiger partial charge in [0.25, 0.3) is 0 Å². The van der Waals surface area contributed by atoms with E-state index in [0.29, 0.717) is 45.2 Å². The number of hydrogen-bond acceptors (Lipinski definition) is 12. The monoisotopic (exact) mass is 883 g/mol. The Labute approximate surface area is 369 Å². The highest BCUT2D eigenvalue weighted by Crippen LogP contribution is 2.41. The molecule has 0 saturated carbocycles. The van der Waals surface area contributed by atoms with Gasteiger partial charge in [0.05, 0.1) is 45.8 Å². The van der Waals surface area contributed by atoms with Crippen LogP contribution in [0.25, 0.3) is 0 Å². The molecule has 4 aromatic carbocycles. The number of hydrogen-bond donors (Lipinski definition) is 1. The lowest BCUT2D eigenvalue weighted by Gasteiger charge is -2.25. The number of nitrogens with zero attached hydrogens (tertiary/aromatic N) is 9. The molecule has 0 aliphatic carbocycles. The predicted octanol–water partition coefficient (Wildman–Crippen LogP) is 7.75. The molecule has 2 aromatic heterocycles. The minimum absolute atomic E-state index is 0.208. The van der Waals surface area contributed by atoms with Gasteiger partial charge in [0.15, 0.2) is 0 Å². The number of methoxy groups -OCH3 is 2. The Balaban J connectivity index is 0.000000188. The summed E-state index contributed by atoms with van der Waals surface area (Å²) in [5, 5.41) is 26.9. The van der Waals surface area contributed by atoms with Crippen molar-refractivity contribution in [2.24, 2.45) is 0 Å². The molecule has 0 unspecified atom stereocenters. The van der Waals surface area contributed by atoms with Gasteiger partial charge in [-0.3, -0.25) is 14.7 Å². The number of aromatic nitrogens is 6. The van der Waals surface area contributed by atoms with Crippen LogP contribution >= 0.6 is 23.2 Å². The smallest absolute Gasteiger partial charge is 0.415 e. The molecule has 62 heavy (non-hydrogen) atoms. The molecular formula is C44H47Cl2N9O7. The molecule has 2 fully saturated rings. The third kappa shape index (κ3) is 10.1. The van der Waals surface area contributed by atoms with E-state index in [9.17, 15) is 14.7 Å². The van der Waals surface area contributed by atoms with E-state index in [1.807, 2.05) is 66.9 Å². The van der Waals surface area contributed by atoms with Crippen molar-refractivity contribution < 1.29 is 33.6 Å². The number of aliphatic hydroxyl groups excluding tert-OH is 1. The number of carbonyl (C=O) groups excluding carboxylic acids is 2. The van der Waals surface area contributed by atoms with Gasteiger partial charge in [0.2, 0.25) is 0 Å². The predicted molar refractivity (Wildman–Crippen MR) is 232 cm³/mol. The minimum Gasteiger partial charge on any atom is -0.497 e. The van der Waals surface area contributed by atoms with Crippen molar-refractivity contribution in [3.05, 3.63) is 142 Å². The Morgan fingerprint density at radius 3 is 1.50 bits per heavy atom. The lowest BCUT2D eigenvalue weighted by Crippen LogP contribution is -2.31. The van der Waals surface area contributed by atoms with Crippen molar-refractivity contribution in [3.8, 4) is 11.5 Å². The zero-order valence-corrected chi connectivity index (χ0v) is 36.1. The maximum atomic E-state index is 13.0. The fourth-order valence-corrected chi connectivity index (χ4v) is 7.75. The van der Waals surface area contributed by atoms with E-state index in [1.54, 1.807) is 76.0 Å². The molecule has 0 radical (unpaired) electrons. The maximum absolute atomic E-state index is 13.0. The zero-order chi connectivity index (χ0) is 43.8. The summed E-state index contributed by atoms with van der Waals surface area (Å²) in [5.41, 5.74) is 4.48. The van der Waals surface area contributed by atoms with E-state index in [-0.39, 0.29) is 19.2 Å². The zero-order valence-electron chi connectivity index (χ0n) is 34.6. The standard InChI is InChI=1S/C24H28ClN5O3.C20H19ClN4O4/c1-4-28(5-2)14-19-15-29(27-26-19)16-22-23(17-7-6-8-21(13-17)32-3)30(24(31)33-22)20-11-9-18(25)10-12-20;1-28-17-4-2-3-13(9-17)19-18(11-24-10-15(12-26)22-23-24)29-20(27)25(19)16-7-5-14(21)6-8-16/h6-13,15,22-23H,4-5,14,16H2,1-3H3;2-10,18-19,26H,11-12H2,1H3/t22-,23-;18-,19-/m00/s1. The summed E-state index contributed by atoms with van der Waals surface area (Å²) in [4.78, 5) is 31.4. The second kappa shape index (κ2) is 20.1. The van der Waals surface area contributed by atoms with Crippen LogP contribution in [0.5, 0.6) is 11.5 Å². The van der Waals surface area contributed by atoms with Crippen molar-refractivity contribution >= 4 is 46.8 Å². The summed E-state index contributed by atoms with van der Waals surface area (Å²) in [6.45, 7) is 7.31. The molecule has 2 aliphatic heterocycles. The molecule has 2 aliphatic rings. The Morgan fingerprint density at radius 1 is 0.661 bits per heavy atom. The van der Waals surface area contributed by atoms with Crippen LogP contribution in [0.1, 0.15) is 48.4 Å². The average Bonchev–Trinajstić information content (AvgIpc) is 4.09. The lowest BCUT2D eigenvalue weighted by atomic mass is 9.99. The molecule has 8 rings (SSSR count).